The summed E-state index contributed by atoms with van der Waals surface area (Å²) < 4.78 is 15.3. The van der Waals surface area contributed by atoms with E-state index in [1.807, 2.05) is 6.92 Å². The Morgan fingerprint density at radius 3 is 2.35 bits per heavy atom. The van der Waals surface area contributed by atoms with Crippen LogP contribution in [-0.2, 0) is 9.53 Å². The number of carbonyl (C=O) groups is 3. The van der Waals surface area contributed by atoms with Crippen molar-refractivity contribution in [2.75, 3.05) is 20.3 Å². The Kier molecular flexibility index (Phi) is 6.73. The standard InChI is InChI=1S/C19H19NO6/c1-3-25-14-10-8-13(9-11-14)19(23)26-12-17(21)20-18(22)15-6-4-5-7-16(15)24-2/h4-11H,3,12H2,1-2H3,(H,20,21,22). The Balaban J connectivity index is 1.87. The first-order valence-electron chi connectivity index (χ1n) is 7.92. The molecule has 2 amide bonds. The number of ether oxygens (including phenoxy) is 3. The maximum Gasteiger partial charge on any atom is 0.338 e. The highest BCUT2D eigenvalue weighted by molar-refractivity contribution is 6.07. The summed E-state index contributed by atoms with van der Waals surface area (Å²) in [6, 6.07) is 12.8. The number of imide groups is 1. The molecule has 0 fully saturated rings. The van der Waals surface area contributed by atoms with Crippen molar-refractivity contribution < 1.29 is 28.6 Å². The Bertz CT molecular complexity index is 785. The lowest BCUT2D eigenvalue weighted by molar-refractivity contribution is -0.123. The van der Waals surface area contributed by atoms with Crippen LogP contribution in [0.25, 0.3) is 0 Å². The molecule has 0 saturated carbocycles. The molecule has 0 unspecified atom stereocenters. The summed E-state index contributed by atoms with van der Waals surface area (Å²) in [6.45, 7) is 1.80. The largest absolute Gasteiger partial charge is 0.496 e. The van der Waals surface area contributed by atoms with E-state index in [1.54, 1.807) is 30.3 Å². The van der Waals surface area contributed by atoms with Crippen molar-refractivity contribution in [1.29, 1.82) is 0 Å². The fourth-order valence-corrected chi connectivity index (χ4v) is 2.13. The average Bonchev–Trinajstić information content (AvgIpc) is 2.66. The number of hydrogen-bond donors (Lipinski definition) is 1. The summed E-state index contributed by atoms with van der Waals surface area (Å²) in [5.74, 6) is -1.08. The van der Waals surface area contributed by atoms with Crippen LogP contribution in [0, 0.1) is 0 Å². The first-order chi connectivity index (χ1) is 12.5. The average molecular weight is 357 g/mol. The minimum absolute atomic E-state index is 0.209. The molecule has 0 saturated heterocycles. The fraction of sp³-hybridized carbons (Fsp3) is 0.211. The van der Waals surface area contributed by atoms with E-state index in [1.165, 1.54) is 25.3 Å². The van der Waals surface area contributed by atoms with Crippen LogP contribution in [0.2, 0.25) is 0 Å². The number of carbonyl (C=O) groups excluding carboxylic acids is 3. The van der Waals surface area contributed by atoms with Gasteiger partial charge in [-0.2, -0.15) is 0 Å². The molecule has 2 rings (SSSR count). The Hall–Kier alpha value is -3.35. The highest BCUT2D eigenvalue weighted by Gasteiger charge is 2.16. The number of esters is 1. The van der Waals surface area contributed by atoms with Gasteiger partial charge in [0, 0.05) is 0 Å². The van der Waals surface area contributed by atoms with E-state index in [9.17, 15) is 14.4 Å². The van der Waals surface area contributed by atoms with Gasteiger partial charge in [0.05, 0.1) is 24.8 Å². The molecule has 0 radical (unpaired) electrons. The van der Waals surface area contributed by atoms with Crippen molar-refractivity contribution in [2.45, 2.75) is 6.92 Å². The molecule has 0 atom stereocenters. The van der Waals surface area contributed by atoms with E-state index in [-0.39, 0.29) is 11.1 Å². The molecule has 2 aromatic carbocycles. The van der Waals surface area contributed by atoms with Gasteiger partial charge in [-0.25, -0.2) is 4.79 Å². The SMILES string of the molecule is CCOc1ccc(C(=O)OCC(=O)NC(=O)c2ccccc2OC)cc1. The maximum absolute atomic E-state index is 12.1. The van der Waals surface area contributed by atoms with Gasteiger partial charge in [-0.05, 0) is 43.3 Å². The van der Waals surface area contributed by atoms with Gasteiger partial charge < -0.3 is 14.2 Å². The zero-order chi connectivity index (χ0) is 18.9. The molecule has 7 heteroatoms. The normalized spacial score (nSPS) is 9.92. The number of hydrogen-bond acceptors (Lipinski definition) is 6. The van der Waals surface area contributed by atoms with Crippen LogP contribution in [0.4, 0.5) is 0 Å². The van der Waals surface area contributed by atoms with Crippen LogP contribution in [0.1, 0.15) is 27.6 Å². The van der Waals surface area contributed by atoms with Crippen LogP contribution in [0.15, 0.2) is 48.5 Å². The van der Waals surface area contributed by atoms with Gasteiger partial charge in [-0.15, -0.1) is 0 Å². The van der Waals surface area contributed by atoms with E-state index >= 15 is 0 Å². The lowest BCUT2D eigenvalue weighted by Gasteiger charge is -2.09. The quantitative estimate of drug-likeness (QED) is 0.764. The number of nitrogens with one attached hydrogen (secondary N) is 1. The number of benzene rings is 2. The molecular weight excluding hydrogens is 338 g/mol. The van der Waals surface area contributed by atoms with Crippen molar-refractivity contribution in [1.82, 2.24) is 5.32 Å². The molecular formula is C19H19NO6. The summed E-state index contributed by atoms with van der Waals surface area (Å²) in [7, 11) is 1.42. The van der Waals surface area contributed by atoms with Gasteiger partial charge in [-0.1, -0.05) is 12.1 Å². The molecule has 1 N–H and O–H groups in total. The minimum atomic E-state index is -0.736. The van der Waals surface area contributed by atoms with Crippen molar-refractivity contribution in [3.05, 3.63) is 59.7 Å². The second-order valence-electron chi connectivity index (χ2n) is 5.11. The fourth-order valence-electron chi connectivity index (χ4n) is 2.13. The van der Waals surface area contributed by atoms with E-state index in [0.717, 1.165) is 0 Å². The molecule has 136 valence electrons. The third-order valence-corrected chi connectivity index (χ3v) is 3.34. The molecule has 26 heavy (non-hydrogen) atoms. The summed E-state index contributed by atoms with van der Waals surface area (Å²) in [4.78, 5) is 35.8. The topological polar surface area (TPSA) is 90.9 Å². The summed E-state index contributed by atoms with van der Waals surface area (Å²) in [5.41, 5.74) is 0.485. The summed E-state index contributed by atoms with van der Waals surface area (Å²) >= 11 is 0. The smallest absolute Gasteiger partial charge is 0.338 e. The summed E-state index contributed by atoms with van der Waals surface area (Å²) in [6.07, 6.45) is 0. The Morgan fingerprint density at radius 2 is 1.69 bits per heavy atom. The van der Waals surface area contributed by atoms with Crippen molar-refractivity contribution in [2.24, 2.45) is 0 Å². The number of para-hydroxylation sites is 1. The highest BCUT2D eigenvalue weighted by Crippen LogP contribution is 2.17. The first kappa shape index (κ1) is 19.0. The van der Waals surface area contributed by atoms with Crippen LogP contribution in [0.3, 0.4) is 0 Å². The molecule has 0 spiro atoms. The van der Waals surface area contributed by atoms with Crippen LogP contribution >= 0.6 is 0 Å². The lowest BCUT2D eigenvalue weighted by Crippen LogP contribution is -2.34. The molecule has 0 aliphatic carbocycles. The molecule has 7 nitrogen and oxygen atoms in total. The van der Waals surface area contributed by atoms with Gasteiger partial charge in [0.15, 0.2) is 6.61 Å². The summed E-state index contributed by atoms with van der Waals surface area (Å²) in [5, 5.41) is 2.15. The Morgan fingerprint density at radius 1 is 1.00 bits per heavy atom. The van der Waals surface area contributed by atoms with Gasteiger partial charge in [0.25, 0.3) is 11.8 Å². The molecule has 0 aliphatic heterocycles. The molecule has 0 aliphatic rings. The van der Waals surface area contributed by atoms with E-state index < -0.39 is 24.4 Å². The number of amides is 2. The van der Waals surface area contributed by atoms with Crippen LogP contribution in [0.5, 0.6) is 11.5 Å². The van der Waals surface area contributed by atoms with Crippen molar-refractivity contribution in [3.63, 3.8) is 0 Å². The lowest BCUT2D eigenvalue weighted by atomic mass is 10.2. The second kappa shape index (κ2) is 9.22. The second-order valence-corrected chi connectivity index (χ2v) is 5.11. The van der Waals surface area contributed by atoms with E-state index in [0.29, 0.717) is 18.1 Å². The van der Waals surface area contributed by atoms with Crippen LogP contribution in [-0.4, -0.2) is 38.1 Å². The maximum atomic E-state index is 12.1. The zero-order valence-corrected chi connectivity index (χ0v) is 14.5. The Labute approximate surface area is 150 Å². The van der Waals surface area contributed by atoms with Crippen LogP contribution < -0.4 is 14.8 Å². The minimum Gasteiger partial charge on any atom is -0.496 e. The number of methoxy groups -OCH3 is 1. The van der Waals surface area contributed by atoms with Crippen molar-refractivity contribution in [3.8, 4) is 11.5 Å². The van der Waals surface area contributed by atoms with E-state index in [2.05, 4.69) is 5.32 Å². The highest BCUT2D eigenvalue weighted by atomic mass is 16.5. The molecule has 0 bridgehead atoms. The van der Waals surface area contributed by atoms with Gasteiger partial charge in [-0.3, -0.25) is 14.9 Å². The van der Waals surface area contributed by atoms with Crippen molar-refractivity contribution >= 4 is 17.8 Å². The molecule has 0 aromatic heterocycles. The van der Waals surface area contributed by atoms with E-state index in [4.69, 9.17) is 14.2 Å². The number of rotatable bonds is 7. The molecule has 0 heterocycles. The predicted molar refractivity (Wildman–Crippen MR) is 93.4 cm³/mol. The predicted octanol–water partition coefficient (Wildman–Crippen LogP) is 2.21. The van der Waals surface area contributed by atoms with Gasteiger partial charge in [0.2, 0.25) is 0 Å². The third-order valence-electron chi connectivity index (χ3n) is 3.34. The first-order valence-corrected chi connectivity index (χ1v) is 7.92. The van der Waals surface area contributed by atoms with Gasteiger partial charge >= 0.3 is 5.97 Å². The molecule has 2 aromatic rings. The third kappa shape index (κ3) is 5.07. The van der Waals surface area contributed by atoms with Gasteiger partial charge in [0.1, 0.15) is 11.5 Å². The monoisotopic (exact) mass is 357 g/mol. The zero-order valence-electron chi connectivity index (χ0n) is 14.5.